The fourth-order valence-corrected chi connectivity index (χ4v) is 3.84. The highest BCUT2D eigenvalue weighted by Crippen LogP contribution is 2.33. The maximum absolute atomic E-state index is 12.5. The minimum Gasteiger partial charge on any atom is -0.299 e. The average Bonchev–Trinajstić information content (AvgIpc) is 2.66. The zero-order chi connectivity index (χ0) is 14.7. The van der Waals surface area contributed by atoms with Gasteiger partial charge in [-0.05, 0) is 54.5 Å². The Morgan fingerprint density at radius 1 is 1.35 bits per heavy atom. The molecule has 2 rings (SSSR count). The SMILES string of the molecule is CCCC1CCC(C(=O)Cc2c(Br)c(C)nn2C)CC1. The highest BCUT2D eigenvalue weighted by atomic mass is 79.9. The molecule has 1 heterocycles. The zero-order valence-corrected chi connectivity index (χ0v) is 14.4. The van der Waals surface area contributed by atoms with E-state index in [4.69, 9.17) is 0 Å². The van der Waals surface area contributed by atoms with Crippen molar-refractivity contribution in [2.24, 2.45) is 18.9 Å². The topological polar surface area (TPSA) is 34.9 Å². The fraction of sp³-hybridized carbons (Fsp3) is 0.750. The first-order valence-electron chi connectivity index (χ1n) is 7.73. The van der Waals surface area contributed by atoms with Crippen LogP contribution in [0.5, 0.6) is 0 Å². The van der Waals surface area contributed by atoms with Crippen LogP contribution < -0.4 is 0 Å². The van der Waals surface area contributed by atoms with Crippen molar-refractivity contribution in [1.82, 2.24) is 9.78 Å². The van der Waals surface area contributed by atoms with Crippen molar-refractivity contribution in [3.63, 3.8) is 0 Å². The molecule has 0 aromatic carbocycles. The third kappa shape index (κ3) is 3.51. The van der Waals surface area contributed by atoms with Crippen LogP contribution in [0.25, 0.3) is 0 Å². The first-order chi connectivity index (χ1) is 9.52. The smallest absolute Gasteiger partial charge is 0.141 e. The van der Waals surface area contributed by atoms with Crippen LogP contribution in [0.15, 0.2) is 4.47 Å². The maximum atomic E-state index is 12.5. The Bertz CT molecular complexity index is 473. The first kappa shape index (κ1) is 15.7. The molecule has 3 nitrogen and oxygen atoms in total. The molecule has 112 valence electrons. The molecular weight excluding hydrogens is 316 g/mol. The minimum absolute atomic E-state index is 0.269. The molecule has 0 bridgehead atoms. The molecule has 0 N–H and O–H groups in total. The summed E-state index contributed by atoms with van der Waals surface area (Å²) in [5.74, 6) is 1.52. The van der Waals surface area contributed by atoms with Crippen LogP contribution in [0, 0.1) is 18.8 Å². The lowest BCUT2D eigenvalue weighted by molar-refractivity contribution is -0.123. The Hall–Kier alpha value is -0.640. The minimum atomic E-state index is 0.269. The Kier molecular flexibility index (Phi) is 5.42. The van der Waals surface area contributed by atoms with E-state index in [0.717, 1.165) is 34.6 Å². The van der Waals surface area contributed by atoms with Crippen molar-refractivity contribution >= 4 is 21.7 Å². The van der Waals surface area contributed by atoms with Gasteiger partial charge in [0.2, 0.25) is 0 Å². The van der Waals surface area contributed by atoms with Gasteiger partial charge in [0.15, 0.2) is 0 Å². The lowest BCUT2D eigenvalue weighted by Gasteiger charge is -2.27. The van der Waals surface area contributed by atoms with Crippen molar-refractivity contribution in [1.29, 1.82) is 0 Å². The molecular formula is C16H25BrN2O. The summed E-state index contributed by atoms with van der Waals surface area (Å²) in [5, 5.41) is 4.36. The van der Waals surface area contributed by atoms with E-state index in [0.29, 0.717) is 12.2 Å². The van der Waals surface area contributed by atoms with E-state index < -0.39 is 0 Å². The van der Waals surface area contributed by atoms with Gasteiger partial charge in [-0.1, -0.05) is 19.8 Å². The summed E-state index contributed by atoms with van der Waals surface area (Å²) in [5.41, 5.74) is 1.98. The fourth-order valence-electron chi connectivity index (χ4n) is 3.36. The molecule has 1 fully saturated rings. The first-order valence-corrected chi connectivity index (χ1v) is 8.52. The summed E-state index contributed by atoms with van der Waals surface area (Å²) >= 11 is 3.55. The normalized spacial score (nSPS) is 23.0. The number of ketones is 1. The second kappa shape index (κ2) is 6.88. The second-order valence-electron chi connectivity index (χ2n) is 6.12. The molecule has 1 aliphatic carbocycles. The number of aryl methyl sites for hydroxylation is 2. The molecule has 0 aliphatic heterocycles. The molecule has 0 radical (unpaired) electrons. The van der Waals surface area contributed by atoms with Gasteiger partial charge in [0.1, 0.15) is 5.78 Å². The van der Waals surface area contributed by atoms with Crippen LogP contribution in [0.1, 0.15) is 56.8 Å². The van der Waals surface area contributed by atoms with Gasteiger partial charge in [-0.3, -0.25) is 9.48 Å². The van der Waals surface area contributed by atoms with E-state index in [2.05, 4.69) is 28.0 Å². The maximum Gasteiger partial charge on any atom is 0.141 e. The van der Waals surface area contributed by atoms with Gasteiger partial charge in [-0.25, -0.2) is 0 Å². The number of hydrogen-bond acceptors (Lipinski definition) is 2. The number of carbonyl (C=O) groups is 1. The lowest BCUT2D eigenvalue weighted by Crippen LogP contribution is -2.24. The van der Waals surface area contributed by atoms with Crippen molar-refractivity contribution in [2.45, 2.75) is 58.8 Å². The molecule has 1 aromatic heterocycles. The van der Waals surface area contributed by atoms with Gasteiger partial charge in [-0.2, -0.15) is 5.10 Å². The van der Waals surface area contributed by atoms with Crippen LogP contribution in [-0.2, 0) is 18.3 Å². The highest BCUT2D eigenvalue weighted by Gasteiger charge is 2.27. The molecule has 1 aliphatic rings. The van der Waals surface area contributed by atoms with Gasteiger partial charge in [0.05, 0.1) is 15.9 Å². The Morgan fingerprint density at radius 2 is 2.00 bits per heavy atom. The second-order valence-corrected chi connectivity index (χ2v) is 6.91. The molecule has 4 heteroatoms. The van der Waals surface area contributed by atoms with Crippen LogP contribution >= 0.6 is 15.9 Å². The quantitative estimate of drug-likeness (QED) is 0.804. The summed E-state index contributed by atoms with van der Waals surface area (Å²) in [6, 6.07) is 0. The standard InChI is InChI=1S/C16H25BrN2O/c1-4-5-12-6-8-13(9-7-12)15(20)10-14-16(17)11(2)18-19(14)3/h12-13H,4-10H2,1-3H3. The number of aromatic nitrogens is 2. The van der Waals surface area contributed by atoms with E-state index in [1.54, 1.807) is 0 Å². The predicted molar refractivity (Wildman–Crippen MR) is 84.7 cm³/mol. The zero-order valence-electron chi connectivity index (χ0n) is 12.8. The van der Waals surface area contributed by atoms with Gasteiger partial charge < -0.3 is 0 Å². The van der Waals surface area contributed by atoms with Crippen LogP contribution in [0.4, 0.5) is 0 Å². The van der Waals surface area contributed by atoms with E-state index >= 15 is 0 Å². The van der Waals surface area contributed by atoms with Crippen LogP contribution in [-0.4, -0.2) is 15.6 Å². The number of hydrogen-bond donors (Lipinski definition) is 0. The van der Waals surface area contributed by atoms with Crippen molar-refractivity contribution in [2.75, 3.05) is 0 Å². The molecule has 0 saturated heterocycles. The average molecular weight is 341 g/mol. The Morgan fingerprint density at radius 3 is 2.50 bits per heavy atom. The van der Waals surface area contributed by atoms with E-state index in [-0.39, 0.29) is 5.92 Å². The van der Waals surface area contributed by atoms with Gasteiger partial charge in [0, 0.05) is 19.4 Å². The highest BCUT2D eigenvalue weighted by molar-refractivity contribution is 9.10. The van der Waals surface area contributed by atoms with Gasteiger partial charge in [0.25, 0.3) is 0 Å². The lowest BCUT2D eigenvalue weighted by atomic mass is 9.77. The molecule has 0 amide bonds. The number of halogens is 1. The van der Waals surface area contributed by atoms with Crippen molar-refractivity contribution in [3.8, 4) is 0 Å². The summed E-state index contributed by atoms with van der Waals surface area (Å²) in [6.45, 7) is 4.22. The largest absolute Gasteiger partial charge is 0.299 e. The number of Topliss-reactive ketones (excluding diaryl/α,β-unsaturated/α-hetero) is 1. The number of rotatable bonds is 5. The summed E-state index contributed by atoms with van der Waals surface area (Å²) < 4.78 is 2.83. The van der Waals surface area contributed by atoms with E-state index in [9.17, 15) is 4.79 Å². The number of nitrogens with zero attached hydrogens (tertiary/aromatic N) is 2. The Labute approximate surface area is 130 Å². The van der Waals surface area contributed by atoms with Crippen molar-refractivity contribution in [3.05, 3.63) is 15.9 Å². The Balaban J connectivity index is 1.93. The predicted octanol–water partition coefficient (Wildman–Crippen LogP) is 4.21. The molecule has 20 heavy (non-hydrogen) atoms. The molecule has 0 atom stereocenters. The summed E-state index contributed by atoms with van der Waals surface area (Å²) in [6.07, 6.45) is 7.74. The van der Waals surface area contributed by atoms with Crippen LogP contribution in [0.2, 0.25) is 0 Å². The summed E-state index contributed by atoms with van der Waals surface area (Å²) in [4.78, 5) is 12.5. The molecule has 1 aromatic rings. The van der Waals surface area contributed by atoms with E-state index in [1.807, 2.05) is 18.7 Å². The van der Waals surface area contributed by atoms with E-state index in [1.165, 1.54) is 25.7 Å². The van der Waals surface area contributed by atoms with Gasteiger partial charge >= 0.3 is 0 Å². The third-order valence-electron chi connectivity index (χ3n) is 4.60. The van der Waals surface area contributed by atoms with Gasteiger partial charge in [-0.15, -0.1) is 0 Å². The molecule has 1 saturated carbocycles. The molecule has 0 unspecified atom stereocenters. The van der Waals surface area contributed by atoms with Crippen molar-refractivity contribution < 1.29 is 4.79 Å². The van der Waals surface area contributed by atoms with Crippen LogP contribution in [0.3, 0.4) is 0 Å². The number of carbonyl (C=O) groups excluding carboxylic acids is 1. The molecule has 0 spiro atoms. The summed E-state index contributed by atoms with van der Waals surface area (Å²) in [7, 11) is 1.92. The monoisotopic (exact) mass is 340 g/mol. The third-order valence-corrected chi connectivity index (χ3v) is 5.63.